The molecule has 2 rings (SSSR count). The molecule has 1 aromatic rings. The Kier molecular flexibility index (Phi) is 6.05. The van der Waals surface area contributed by atoms with E-state index in [0.717, 1.165) is 6.26 Å². The third kappa shape index (κ3) is 4.50. The van der Waals surface area contributed by atoms with Crippen LogP contribution in [-0.4, -0.2) is 58.2 Å². The van der Waals surface area contributed by atoms with Gasteiger partial charge in [-0.2, -0.15) is 0 Å². The number of anilines is 1. The van der Waals surface area contributed by atoms with Crippen LogP contribution in [0, 0.1) is 5.92 Å². The van der Waals surface area contributed by atoms with Crippen molar-refractivity contribution in [1.29, 1.82) is 0 Å². The Morgan fingerprint density at radius 2 is 1.76 bits per heavy atom. The van der Waals surface area contributed by atoms with E-state index in [-0.39, 0.29) is 17.8 Å². The normalized spacial score (nSPS) is 15.7. The summed E-state index contributed by atoms with van der Waals surface area (Å²) in [6.07, 6.45) is 2.34. The molecule has 0 spiro atoms. The van der Waals surface area contributed by atoms with Crippen LogP contribution in [0.15, 0.2) is 24.3 Å². The Morgan fingerprint density at radius 3 is 2.20 bits per heavy atom. The lowest BCUT2D eigenvalue weighted by atomic mass is 9.96. The summed E-state index contributed by atoms with van der Waals surface area (Å²) in [5, 5.41) is 0. The number of hydrogen-bond acceptors (Lipinski definition) is 5. The van der Waals surface area contributed by atoms with Crippen LogP contribution in [0.4, 0.5) is 5.69 Å². The summed E-state index contributed by atoms with van der Waals surface area (Å²) < 4.78 is 29.5. The lowest BCUT2D eigenvalue weighted by Gasteiger charge is -2.30. The molecule has 1 aliphatic rings. The molecule has 1 amide bonds. The minimum Gasteiger partial charge on any atom is -0.469 e. The standard InChI is InChI=1S/C17H24N2O5S/c1-4-19(25(3,22)23)15-7-5-13(6-8-15)16(20)18-11-9-14(10-12-18)17(21)24-2/h5-8,14H,4,9-12H2,1-3H3. The van der Waals surface area contributed by atoms with Gasteiger partial charge >= 0.3 is 5.97 Å². The van der Waals surface area contributed by atoms with Crippen LogP contribution in [0.3, 0.4) is 0 Å². The third-order valence-electron chi connectivity index (χ3n) is 4.41. The van der Waals surface area contributed by atoms with Gasteiger partial charge in [0, 0.05) is 25.2 Å². The second kappa shape index (κ2) is 7.86. The quantitative estimate of drug-likeness (QED) is 0.736. The molecular formula is C17H24N2O5S. The fraction of sp³-hybridized carbons (Fsp3) is 0.529. The molecule has 0 unspecified atom stereocenters. The Hall–Kier alpha value is -2.09. The van der Waals surface area contributed by atoms with Crippen LogP contribution in [0.5, 0.6) is 0 Å². The van der Waals surface area contributed by atoms with Gasteiger partial charge in [0.25, 0.3) is 5.91 Å². The fourth-order valence-corrected chi connectivity index (χ4v) is 4.02. The molecule has 0 saturated carbocycles. The molecule has 0 radical (unpaired) electrons. The Balaban J connectivity index is 2.05. The van der Waals surface area contributed by atoms with Crippen molar-refractivity contribution in [2.75, 3.05) is 37.3 Å². The van der Waals surface area contributed by atoms with E-state index in [1.807, 2.05) is 0 Å². The molecule has 138 valence electrons. The van der Waals surface area contributed by atoms with Gasteiger partial charge in [0.15, 0.2) is 0 Å². The van der Waals surface area contributed by atoms with Gasteiger partial charge in [-0.1, -0.05) is 0 Å². The first-order chi connectivity index (χ1) is 11.8. The first-order valence-corrected chi connectivity index (χ1v) is 10.1. The Bertz CT molecular complexity index is 722. The highest BCUT2D eigenvalue weighted by Crippen LogP contribution is 2.22. The van der Waals surface area contributed by atoms with Gasteiger partial charge in [-0.05, 0) is 44.0 Å². The number of sulfonamides is 1. The Morgan fingerprint density at radius 1 is 1.20 bits per heavy atom. The molecule has 1 saturated heterocycles. The number of amides is 1. The second-order valence-electron chi connectivity index (χ2n) is 6.06. The van der Waals surface area contributed by atoms with Crippen molar-refractivity contribution in [1.82, 2.24) is 4.90 Å². The van der Waals surface area contributed by atoms with Crippen LogP contribution >= 0.6 is 0 Å². The van der Waals surface area contributed by atoms with E-state index in [1.165, 1.54) is 11.4 Å². The topological polar surface area (TPSA) is 84.0 Å². The van der Waals surface area contributed by atoms with Gasteiger partial charge in [0.2, 0.25) is 10.0 Å². The van der Waals surface area contributed by atoms with E-state index in [4.69, 9.17) is 4.74 Å². The number of likely N-dealkylation sites (tertiary alicyclic amines) is 1. The zero-order valence-corrected chi connectivity index (χ0v) is 15.6. The first-order valence-electron chi connectivity index (χ1n) is 8.22. The van der Waals surface area contributed by atoms with Crippen LogP contribution in [0.1, 0.15) is 30.1 Å². The lowest BCUT2D eigenvalue weighted by Crippen LogP contribution is -2.40. The highest BCUT2D eigenvalue weighted by molar-refractivity contribution is 7.92. The van der Waals surface area contributed by atoms with Gasteiger partial charge in [0.1, 0.15) is 0 Å². The molecule has 1 aliphatic heterocycles. The van der Waals surface area contributed by atoms with Gasteiger partial charge in [0.05, 0.1) is 25.0 Å². The van der Waals surface area contributed by atoms with Gasteiger partial charge in [-0.3, -0.25) is 13.9 Å². The molecule has 7 nitrogen and oxygen atoms in total. The predicted molar refractivity (Wildman–Crippen MR) is 94.9 cm³/mol. The number of esters is 1. The van der Waals surface area contributed by atoms with E-state index in [9.17, 15) is 18.0 Å². The molecule has 1 fully saturated rings. The monoisotopic (exact) mass is 368 g/mol. The van der Waals surface area contributed by atoms with Gasteiger partial charge < -0.3 is 9.64 Å². The first kappa shape index (κ1) is 19.2. The van der Waals surface area contributed by atoms with Gasteiger partial charge in [-0.15, -0.1) is 0 Å². The summed E-state index contributed by atoms with van der Waals surface area (Å²) in [5.74, 6) is -0.488. The highest BCUT2D eigenvalue weighted by atomic mass is 32.2. The fourth-order valence-electron chi connectivity index (χ4n) is 3.05. The van der Waals surface area contributed by atoms with Crippen LogP contribution < -0.4 is 4.31 Å². The molecule has 0 atom stereocenters. The number of hydrogen-bond donors (Lipinski definition) is 0. The highest BCUT2D eigenvalue weighted by Gasteiger charge is 2.28. The van der Waals surface area contributed by atoms with E-state index in [0.29, 0.717) is 43.7 Å². The average molecular weight is 368 g/mol. The number of ether oxygens (including phenoxy) is 1. The van der Waals surface area contributed by atoms with Crippen LogP contribution in [0.25, 0.3) is 0 Å². The van der Waals surface area contributed by atoms with Gasteiger partial charge in [-0.25, -0.2) is 8.42 Å². The second-order valence-corrected chi connectivity index (χ2v) is 7.97. The number of piperidine rings is 1. The summed E-state index contributed by atoms with van der Waals surface area (Å²) in [6, 6.07) is 6.55. The van der Waals surface area contributed by atoms with E-state index in [1.54, 1.807) is 36.1 Å². The van der Waals surface area contributed by atoms with E-state index >= 15 is 0 Å². The van der Waals surface area contributed by atoms with Crippen molar-refractivity contribution < 1.29 is 22.7 Å². The predicted octanol–water partition coefficient (Wildman–Crippen LogP) is 1.50. The summed E-state index contributed by atoms with van der Waals surface area (Å²) >= 11 is 0. The van der Waals surface area contributed by atoms with Crippen LogP contribution in [0.2, 0.25) is 0 Å². The molecule has 25 heavy (non-hydrogen) atoms. The number of carbonyl (C=O) groups excluding carboxylic acids is 2. The Labute approximate surface area is 148 Å². The SMILES string of the molecule is CCN(c1ccc(C(=O)N2CCC(C(=O)OC)CC2)cc1)S(C)(=O)=O. The number of rotatable bonds is 5. The molecule has 8 heteroatoms. The molecule has 0 N–H and O–H groups in total. The smallest absolute Gasteiger partial charge is 0.308 e. The number of nitrogens with zero attached hydrogens (tertiary/aromatic N) is 2. The summed E-state index contributed by atoms with van der Waals surface area (Å²) in [6.45, 7) is 3.09. The number of benzene rings is 1. The molecule has 0 aliphatic carbocycles. The van der Waals surface area contributed by atoms with Crippen LogP contribution in [-0.2, 0) is 19.6 Å². The largest absolute Gasteiger partial charge is 0.469 e. The number of methoxy groups -OCH3 is 1. The minimum absolute atomic E-state index is 0.114. The molecule has 1 heterocycles. The molecular weight excluding hydrogens is 344 g/mol. The maximum atomic E-state index is 12.6. The molecule has 0 aromatic heterocycles. The van der Waals surface area contributed by atoms with E-state index in [2.05, 4.69) is 0 Å². The summed E-state index contributed by atoms with van der Waals surface area (Å²) in [7, 11) is -1.97. The van der Waals surface area contributed by atoms with Crippen molar-refractivity contribution in [2.24, 2.45) is 5.92 Å². The third-order valence-corrected chi connectivity index (χ3v) is 5.68. The molecule has 1 aromatic carbocycles. The number of carbonyl (C=O) groups is 2. The lowest BCUT2D eigenvalue weighted by molar-refractivity contribution is -0.146. The molecule has 0 bridgehead atoms. The zero-order valence-electron chi connectivity index (χ0n) is 14.8. The van der Waals surface area contributed by atoms with Crippen molar-refractivity contribution in [3.63, 3.8) is 0 Å². The van der Waals surface area contributed by atoms with Crippen molar-refractivity contribution in [3.05, 3.63) is 29.8 Å². The van der Waals surface area contributed by atoms with Crippen molar-refractivity contribution in [3.8, 4) is 0 Å². The zero-order chi connectivity index (χ0) is 18.6. The average Bonchev–Trinajstić information content (AvgIpc) is 2.60. The van der Waals surface area contributed by atoms with E-state index < -0.39 is 10.0 Å². The summed E-state index contributed by atoms with van der Waals surface area (Å²) in [4.78, 5) is 25.8. The maximum absolute atomic E-state index is 12.6. The minimum atomic E-state index is -3.34. The summed E-state index contributed by atoms with van der Waals surface area (Å²) in [5.41, 5.74) is 1.04. The van der Waals surface area contributed by atoms with Crippen molar-refractivity contribution >= 4 is 27.6 Å². The van der Waals surface area contributed by atoms with Crippen molar-refractivity contribution in [2.45, 2.75) is 19.8 Å². The maximum Gasteiger partial charge on any atom is 0.308 e.